The van der Waals surface area contributed by atoms with E-state index in [1.54, 1.807) is 36.2 Å². The van der Waals surface area contributed by atoms with E-state index in [2.05, 4.69) is 10.6 Å². The Morgan fingerprint density at radius 2 is 1.74 bits per heavy atom. The van der Waals surface area contributed by atoms with E-state index in [0.717, 1.165) is 5.56 Å². The Morgan fingerprint density at radius 1 is 1.04 bits per heavy atom. The Labute approximate surface area is 158 Å². The lowest BCUT2D eigenvalue weighted by atomic mass is 10.2. The fourth-order valence-corrected chi connectivity index (χ4v) is 2.45. The maximum Gasteiger partial charge on any atom is 0.244 e. The van der Waals surface area contributed by atoms with Crippen LogP contribution in [0.1, 0.15) is 12.0 Å². The normalized spacial score (nSPS) is 10.6. The van der Waals surface area contributed by atoms with Crippen molar-refractivity contribution in [1.29, 1.82) is 0 Å². The smallest absolute Gasteiger partial charge is 0.244 e. The summed E-state index contributed by atoms with van der Waals surface area (Å²) in [5.41, 5.74) is 1.44. The first-order chi connectivity index (χ1) is 13.1. The molecule has 0 heterocycles. The van der Waals surface area contributed by atoms with Crippen LogP contribution in [0.5, 0.6) is 0 Å². The van der Waals surface area contributed by atoms with Crippen LogP contribution in [0, 0.1) is 5.82 Å². The van der Waals surface area contributed by atoms with Crippen molar-refractivity contribution in [2.45, 2.75) is 6.42 Å². The highest BCUT2D eigenvalue weighted by molar-refractivity contribution is 5.94. The molecule has 2 rings (SSSR count). The molecule has 0 bridgehead atoms. The third-order valence-electron chi connectivity index (χ3n) is 3.91. The van der Waals surface area contributed by atoms with E-state index in [-0.39, 0.29) is 24.2 Å². The molecule has 27 heavy (non-hydrogen) atoms. The largest absolute Gasteiger partial charge is 0.372 e. The molecule has 0 aliphatic carbocycles. The molecular weight excluding hydrogens is 345 g/mol. The van der Waals surface area contributed by atoms with Crippen LogP contribution in [0.3, 0.4) is 0 Å². The van der Waals surface area contributed by atoms with Crippen LogP contribution in [-0.2, 0) is 9.59 Å². The quantitative estimate of drug-likeness (QED) is 0.528. The molecule has 0 unspecified atom stereocenters. The van der Waals surface area contributed by atoms with E-state index in [1.807, 2.05) is 30.3 Å². The van der Waals surface area contributed by atoms with Crippen molar-refractivity contribution in [2.24, 2.45) is 0 Å². The van der Waals surface area contributed by atoms with Crippen LogP contribution in [0.4, 0.5) is 10.1 Å². The van der Waals surface area contributed by atoms with Gasteiger partial charge in [0.15, 0.2) is 0 Å². The molecule has 142 valence electrons. The lowest BCUT2D eigenvalue weighted by Crippen LogP contribution is -2.37. The van der Waals surface area contributed by atoms with Crippen LogP contribution in [0.2, 0.25) is 0 Å². The van der Waals surface area contributed by atoms with Crippen LogP contribution >= 0.6 is 0 Å². The highest BCUT2D eigenvalue weighted by atomic mass is 19.1. The number of nitrogens with zero attached hydrogens (tertiary/aromatic N) is 1. The highest BCUT2D eigenvalue weighted by Gasteiger charge is 2.07. The summed E-state index contributed by atoms with van der Waals surface area (Å²) in [5.74, 6) is -0.853. The van der Waals surface area contributed by atoms with E-state index in [0.29, 0.717) is 25.2 Å². The van der Waals surface area contributed by atoms with Gasteiger partial charge in [-0.05, 0) is 30.2 Å². The molecule has 6 heteroatoms. The third kappa shape index (κ3) is 7.32. The monoisotopic (exact) mass is 369 g/mol. The van der Waals surface area contributed by atoms with Gasteiger partial charge in [0.1, 0.15) is 5.82 Å². The summed E-state index contributed by atoms with van der Waals surface area (Å²) in [5, 5.41) is 5.27. The zero-order valence-electron chi connectivity index (χ0n) is 15.3. The van der Waals surface area contributed by atoms with Crippen molar-refractivity contribution in [3.8, 4) is 0 Å². The molecule has 0 saturated heterocycles. The molecule has 0 aliphatic rings. The number of hydrogen-bond acceptors (Lipinski definition) is 3. The van der Waals surface area contributed by atoms with Gasteiger partial charge in [-0.3, -0.25) is 9.59 Å². The fraction of sp³-hybridized carbons (Fsp3) is 0.238. The molecule has 0 atom stereocenters. The van der Waals surface area contributed by atoms with E-state index in [9.17, 15) is 14.0 Å². The lowest BCUT2D eigenvalue weighted by molar-refractivity contribution is -0.123. The van der Waals surface area contributed by atoms with Gasteiger partial charge in [0.2, 0.25) is 11.8 Å². The Morgan fingerprint density at radius 3 is 2.48 bits per heavy atom. The number of para-hydroxylation sites is 1. The number of rotatable bonds is 9. The number of nitrogens with one attached hydrogen (secondary N) is 2. The van der Waals surface area contributed by atoms with Crippen molar-refractivity contribution in [3.05, 3.63) is 72.1 Å². The van der Waals surface area contributed by atoms with Crippen LogP contribution < -0.4 is 15.5 Å². The second kappa shape index (κ2) is 10.8. The van der Waals surface area contributed by atoms with Crippen molar-refractivity contribution in [3.63, 3.8) is 0 Å². The van der Waals surface area contributed by atoms with Gasteiger partial charge in [0, 0.05) is 26.2 Å². The molecule has 0 aliphatic heterocycles. The number of benzene rings is 2. The summed E-state index contributed by atoms with van der Waals surface area (Å²) in [7, 11) is 1.81. The van der Waals surface area contributed by atoms with E-state index < -0.39 is 0 Å². The van der Waals surface area contributed by atoms with Gasteiger partial charge in [-0.15, -0.1) is 0 Å². The number of carbonyl (C=O) groups excluding carboxylic acids is 2. The van der Waals surface area contributed by atoms with Crippen LogP contribution in [0.25, 0.3) is 6.08 Å². The number of amides is 2. The van der Waals surface area contributed by atoms with Gasteiger partial charge in [0.25, 0.3) is 0 Å². The second-order valence-corrected chi connectivity index (χ2v) is 6.04. The highest BCUT2D eigenvalue weighted by Crippen LogP contribution is 2.16. The molecule has 0 saturated carbocycles. The summed E-state index contributed by atoms with van der Waals surface area (Å²) < 4.78 is 13.7. The molecule has 2 N–H and O–H groups in total. The van der Waals surface area contributed by atoms with Gasteiger partial charge >= 0.3 is 0 Å². The van der Waals surface area contributed by atoms with Gasteiger partial charge < -0.3 is 15.5 Å². The first-order valence-electron chi connectivity index (χ1n) is 8.79. The molecule has 0 radical (unpaired) electrons. The molecule has 0 fully saturated rings. The van der Waals surface area contributed by atoms with Crippen molar-refractivity contribution >= 4 is 23.6 Å². The summed E-state index contributed by atoms with van der Waals surface area (Å²) in [6.07, 6.45) is 3.75. The molecule has 0 aromatic heterocycles. The van der Waals surface area contributed by atoms with E-state index in [1.165, 1.54) is 12.1 Å². The average Bonchev–Trinajstić information content (AvgIpc) is 2.69. The van der Waals surface area contributed by atoms with Gasteiger partial charge in [-0.25, -0.2) is 4.39 Å². The predicted octanol–water partition coefficient (Wildman–Crippen LogP) is 2.60. The second-order valence-electron chi connectivity index (χ2n) is 6.04. The van der Waals surface area contributed by atoms with Crippen LogP contribution in [-0.4, -0.2) is 38.5 Å². The van der Waals surface area contributed by atoms with Crippen molar-refractivity contribution in [1.82, 2.24) is 10.6 Å². The number of anilines is 1. The summed E-state index contributed by atoms with van der Waals surface area (Å²) in [4.78, 5) is 25.3. The first-order valence-corrected chi connectivity index (χ1v) is 8.79. The zero-order chi connectivity index (χ0) is 19.5. The van der Waals surface area contributed by atoms with Gasteiger partial charge in [0.05, 0.1) is 12.2 Å². The Kier molecular flexibility index (Phi) is 8.03. The topological polar surface area (TPSA) is 61.4 Å². The number of carbonyl (C=O) groups is 2. The molecule has 2 aromatic rings. The van der Waals surface area contributed by atoms with E-state index in [4.69, 9.17) is 0 Å². The minimum Gasteiger partial charge on any atom is -0.372 e. The molecule has 2 amide bonds. The molecule has 2 aromatic carbocycles. The van der Waals surface area contributed by atoms with Gasteiger partial charge in [-0.2, -0.15) is 0 Å². The first kappa shape index (κ1) is 20.2. The fourth-order valence-electron chi connectivity index (χ4n) is 2.45. The Bertz CT molecular complexity index is 778. The summed E-state index contributed by atoms with van der Waals surface area (Å²) >= 11 is 0. The third-order valence-corrected chi connectivity index (χ3v) is 3.91. The molecule has 0 spiro atoms. The lowest BCUT2D eigenvalue weighted by Gasteiger charge is -2.19. The number of halogens is 1. The SMILES string of the molecule is CN(CCCNC(=O)CNC(=O)/C=C/c1ccccc1)c1ccccc1F. The summed E-state index contributed by atoms with van der Waals surface area (Å²) in [6, 6.07) is 16.0. The van der Waals surface area contributed by atoms with Crippen molar-refractivity contribution < 1.29 is 14.0 Å². The van der Waals surface area contributed by atoms with Crippen LogP contribution in [0.15, 0.2) is 60.7 Å². The van der Waals surface area contributed by atoms with Gasteiger partial charge in [-0.1, -0.05) is 42.5 Å². The Hall–Kier alpha value is -3.15. The van der Waals surface area contributed by atoms with Crippen molar-refractivity contribution in [2.75, 3.05) is 31.6 Å². The Balaban J connectivity index is 1.61. The maximum atomic E-state index is 13.7. The average molecular weight is 369 g/mol. The minimum absolute atomic E-state index is 0.0822. The predicted molar refractivity (Wildman–Crippen MR) is 106 cm³/mol. The molecule has 5 nitrogen and oxygen atoms in total. The number of hydrogen-bond donors (Lipinski definition) is 2. The molecular formula is C21H24FN3O2. The summed E-state index contributed by atoms with van der Waals surface area (Å²) in [6.45, 7) is 0.974. The maximum absolute atomic E-state index is 13.7. The standard InChI is InChI=1S/C21H24FN3O2/c1-25(19-11-6-5-10-18(19)22)15-7-14-23-21(27)16-24-20(26)13-12-17-8-3-2-4-9-17/h2-6,8-13H,7,14-16H2,1H3,(H,23,27)(H,24,26)/b13-12+. The minimum atomic E-state index is -0.326. The zero-order valence-corrected chi connectivity index (χ0v) is 15.3. The van der Waals surface area contributed by atoms with E-state index >= 15 is 0 Å².